The van der Waals surface area contributed by atoms with E-state index in [2.05, 4.69) is 5.32 Å². The van der Waals surface area contributed by atoms with Crippen LogP contribution in [0.1, 0.15) is 35.1 Å². The van der Waals surface area contributed by atoms with Crippen LogP contribution in [0.5, 0.6) is 0 Å². The van der Waals surface area contributed by atoms with Gasteiger partial charge in [-0.25, -0.2) is 0 Å². The highest BCUT2D eigenvalue weighted by molar-refractivity contribution is 5.80. The average Bonchev–Trinajstić information content (AvgIpc) is 3.59. The molecule has 0 spiro atoms. The van der Waals surface area contributed by atoms with Crippen molar-refractivity contribution in [1.82, 2.24) is 5.32 Å². The van der Waals surface area contributed by atoms with Crippen molar-refractivity contribution in [3.05, 3.63) is 64.7 Å². The third kappa shape index (κ3) is 6.19. The summed E-state index contributed by atoms with van der Waals surface area (Å²) in [6.45, 7) is -1.92. The summed E-state index contributed by atoms with van der Waals surface area (Å²) in [5.41, 5.74) is -8.44. The number of benzene rings is 2. The zero-order valence-corrected chi connectivity index (χ0v) is 17.7. The van der Waals surface area contributed by atoms with Gasteiger partial charge in [0, 0.05) is 18.2 Å². The summed E-state index contributed by atoms with van der Waals surface area (Å²) >= 11 is 0. The van der Waals surface area contributed by atoms with E-state index in [4.69, 9.17) is 0 Å². The van der Waals surface area contributed by atoms with Gasteiger partial charge in [-0.05, 0) is 48.2 Å². The molecule has 35 heavy (non-hydrogen) atoms. The van der Waals surface area contributed by atoms with Crippen LogP contribution < -0.4 is 10.6 Å². The van der Waals surface area contributed by atoms with E-state index < -0.39 is 65.5 Å². The number of rotatable bonds is 7. The smallest absolute Gasteiger partial charge is 0.381 e. The Morgan fingerprint density at radius 2 is 1.51 bits per heavy atom. The fourth-order valence-corrected chi connectivity index (χ4v) is 3.33. The number of carbonyl (C=O) groups is 1. The number of alkyl halides is 9. The van der Waals surface area contributed by atoms with Crippen molar-refractivity contribution >= 4 is 11.6 Å². The van der Waals surface area contributed by atoms with Gasteiger partial charge in [0.15, 0.2) is 0 Å². The van der Waals surface area contributed by atoms with E-state index in [1.54, 1.807) is 0 Å². The van der Waals surface area contributed by atoms with Gasteiger partial charge in [0.1, 0.15) is 0 Å². The molecular formula is C22H19F9N2O2. The molecule has 4 nitrogen and oxygen atoms in total. The first kappa shape index (κ1) is 26.6. The highest BCUT2D eigenvalue weighted by Gasteiger charge is 2.55. The average molecular weight is 514 g/mol. The molecule has 0 heterocycles. The standard InChI is InChI=1S/C22H19F9N2O2/c23-20(24,25)15-3-1-2-14(8-15)19(35,22(29,30)31)11-33-16-7-6-13(17(9-16)21(26,27)28)10-32-18(34)12-4-5-12/h1-3,6-9,12,33,35H,4-5,10-11H2,(H,32,34)/t19-/m0/s1. The van der Waals surface area contributed by atoms with Crippen LogP contribution in [0.2, 0.25) is 0 Å². The lowest BCUT2D eigenvalue weighted by molar-refractivity contribution is -0.260. The highest BCUT2D eigenvalue weighted by atomic mass is 19.4. The van der Waals surface area contributed by atoms with Gasteiger partial charge in [-0.3, -0.25) is 4.79 Å². The largest absolute Gasteiger partial charge is 0.423 e. The molecule has 0 bridgehead atoms. The van der Waals surface area contributed by atoms with E-state index in [9.17, 15) is 49.4 Å². The second-order valence-electron chi connectivity index (χ2n) is 8.15. The molecule has 1 amide bonds. The highest BCUT2D eigenvalue weighted by Crippen LogP contribution is 2.41. The van der Waals surface area contributed by atoms with E-state index in [1.807, 2.05) is 5.32 Å². The molecule has 13 heteroatoms. The molecule has 1 saturated carbocycles. The van der Waals surface area contributed by atoms with E-state index >= 15 is 0 Å². The normalized spacial score (nSPS) is 16.5. The molecule has 0 aliphatic heterocycles. The summed E-state index contributed by atoms with van der Waals surface area (Å²) in [4.78, 5) is 11.7. The Bertz CT molecular complexity index is 1080. The van der Waals surface area contributed by atoms with E-state index in [0.717, 1.165) is 12.1 Å². The van der Waals surface area contributed by atoms with Crippen molar-refractivity contribution in [3.63, 3.8) is 0 Å². The monoisotopic (exact) mass is 514 g/mol. The van der Waals surface area contributed by atoms with Crippen molar-refractivity contribution < 1.29 is 49.4 Å². The molecular weight excluding hydrogens is 495 g/mol. The molecule has 0 unspecified atom stereocenters. The first-order valence-corrected chi connectivity index (χ1v) is 10.2. The number of amides is 1. The van der Waals surface area contributed by atoms with Gasteiger partial charge in [-0.2, -0.15) is 39.5 Å². The zero-order valence-electron chi connectivity index (χ0n) is 17.7. The summed E-state index contributed by atoms with van der Waals surface area (Å²) in [5, 5.41) is 14.7. The number of aliphatic hydroxyl groups is 1. The number of nitrogens with one attached hydrogen (secondary N) is 2. The van der Waals surface area contributed by atoms with Gasteiger partial charge in [0.2, 0.25) is 11.5 Å². The van der Waals surface area contributed by atoms with Crippen LogP contribution in [0, 0.1) is 5.92 Å². The Morgan fingerprint density at radius 3 is 2.06 bits per heavy atom. The second kappa shape index (κ2) is 9.25. The molecule has 2 aromatic rings. The van der Waals surface area contributed by atoms with Crippen molar-refractivity contribution in [2.75, 3.05) is 11.9 Å². The van der Waals surface area contributed by atoms with Crippen molar-refractivity contribution in [2.24, 2.45) is 5.92 Å². The maximum absolute atomic E-state index is 13.7. The minimum atomic E-state index is -5.47. The molecule has 3 N–H and O–H groups in total. The Morgan fingerprint density at radius 1 is 0.886 bits per heavy atom. The molecule has 0 radical (unpaired) electrons. The number of hydrogen-bond donors (Lipinski definition) is 3. The van der Waals surface area contributed by atoms with E-state index in [0.29, 0.717) is 37.1 Å². The second-order valence-corrected chi connectivity index (χ2v) is 8.15. The molecule has 1 fully saturated rings. The topological polar surface area (TPSA) is 61.4 Å². The lowest BCUT2D eigenvalue weighted by atomic mass is 9.91. The maximum Gasteiger partial charge on any atom is 0.423 e. The van der Waals surface area contributed by atoms with Crippen molar-refractivity contribution in [1.29, 1.82) is 0 Å². The van der Waals surface area contributed by atoms with Crippen LogP contribution in [-0.4, -0.2) is 23.7 Å². The summed E-state index contributed by atoms with van der Waals surface area (Å²) < 4.78 is 121. The van der Waals surface area contributed by atoms with Crippen LogP contribution in [0.4, 0.5) is 45.2 Å². The molecule has 1 aliphatic rings. The van der Waals surface area contributed by atoms with Crippen LogP contribution in [-0.2, 0) is 29.3 Å². The lowest BCUT2D eigenvalue weighted by Gasteiger charge is -2.32. The minimum Gasteiger partial charge on any atom is -0.381 e. The van der Waals surface area contributed by atoms with E-state index in [-0.39, 0.29) is 17.5 Å². The van der Waals surface area contributed by atoms with Gasteiger partial charge < -0.3 is 15.7 Å². The molecule has 0 saturated heterocycles. The summed E-state index contributed by atoms with van der Waals surface area (Å²) in [5.74, 6) is -0.655. The van der Waals surface area contributed by atoms with Crippen LogP contribution in [0.3, 0.4) is 0 Å². The van der Waals surface area contributed by atoms with Crippen molar-refractivity contribution in [2.45, 2.75) is 43.5 Å². The Labute approximate surface area is 193 Å². The summed E-state index contributed by atoms with van der Waals surface area (Å²) in [6.07, 6.45) is -14.1. The molecule has 0 aromatic heterocycles. The van der Waals surface area contributed by atoms with E-state index in [1.165, 1.54) is 0 Å². The number of halogens is 9. The molecule has 3 rings (SSSR count). The molecule has 1 aliphatic carbocycles. The predicted molar refractivity (Wildman–Crippen MR) is 106 cm³/mol. The van der Waals surface area contributed by atoms with Gasteiger partial charge in [-0.15, -0.1) is 0 Å². The number of anilines is 1. The third-order valence-electron chi connectivity index (χ3n) is 5.50. The SMILES string of the molecule is O=C(NCc1ccc(NC[C@](O)(c2cccc(C(F)(F)F)c2)C(F)(F)F)cc1C(F)(F)F)C1CC1. The Hall–Kier alpha value is -2.96. The number of carbonyl (C=O) groups excluding carboxylic acids is 1. The maximum atomic E-state index is 13.7. The van der Waals surface area contributed by atoms with Gasteiger partial charge >= 0.3 is 18.5 Å². The van der Waals surface area contributed by atoms with Crippen molar-refractivity contribution in [3.8, 4) is 0 Å². The van der Waals surface area contributed by atoms with Crippen LogP contribution in [0.25, 0.3) is 0 Å². The molecule has 1 atom stereocenters. The van der Waals surface area contributed by atoms with Crippen LogP contribution in [0.15, 0.2) is 42.5 Å². The van der Waals surface area contributed by atoms with Gasteiger partial charge in [-0.1, -0.05) is 18.2 Å². The van der Waals surface area contributed by atoms with Gasteiger partial charge in [0.25, 0.3) is 0 Å². The molecule has 192 valence electrons. The first-order valence-electron chi connectivity index (χ1n) is 10.2. The quantitative estimate of drug-likeness (QED) is 0.421. The van der Waals surface area contributed by atoms with Crippen LogP contribution >= 0.6 is 0 Å². The number of hydrogen-bond acceptors (Lipinski definition) is 3. The zero-order chi connectivity index (χ0) is 26.2. The lowest BCUT2D eigenvalue weighted by Crippen LogP contribution is -2.48. The Kier molecular flexibility index (Phi) is 7.04. The first-order chi connectivity index (χ1) is 16.0. The minimum absolute atomic E-state index is 0.127. The van der Waals surface area contributed by atoms with Gasteiger partial charge in [0.05, 0.1) is 17.7 Å². The fraction of sp³-hybridized carbons (Fsp3) is 0.409. The fourth-order valence-electron chi connectivity index (χ4n) is 3.33. The molecule has 2 aromatic carbocycles. The third-order valence-corrected chi connectivity index (χ3v) is 5.50. The summed E-state index contributed by atoms with van der Waals surface area (Å²) in [6, 6.07) is 4.43. The predicted octanol–water partition coefficient (Wildman–Crippen LogP) is 5.61. The Balaban J connectivity index is 1.86. The summed E-state index contributed by atoms with van der Waals surface area (Å²) in [7, 11) is 0.